The van der Waals surface area contributed by atoms with Gasteiger partial charge >= 0.3 is 0 Å². The Morgan fingerprint density at radius 2 is 1.95 bits per heavy atom. The van der Waals surface area contributed by atoms with E-state index in [0.717, 1.165) is 18.4 Å². The molecule has 1 saturated heterocycles. The minimum Gasteiger partial charge on any atom is -0.354 e. The summed E-state index contributed by atoms with van der Waals surface area (Å²) in [6, 6.07) is 6.77. The lowest BCUT2D eigenvalue weighted by Crippen LogP contribution is -2.49. The van der Waals surface area contributed by atoms with Crippen molar-refractivity contribution in [3.8, 4) is 0 Å². The summed E-state index contributed by atoms with van der Waals surface area (Å²) >= 11 is 5.63. The second-order valence-corrected chi connectivity index (χ2v) is 6.94. The number of carbonyl (C=O) groups is 1. The van der Waals surface area contributed by atoms with Gasteiger partial charge in [0, 0.05) is 19.0 Å². The Morgan fingerprint density at radius 3 is 2.55 bits per heavy atom. The number of alkyl halides is 1. The molecule has 7 heteroatoms. The van der Waals surface area contributed by atoms with Crippen LogP contribution < -0.4 is 5.32 Å². The second-order valence-electron chi connectivity index (χ2n) is 4.63. The summed E-state index contributed by atoms with van der Waals surface area (Å²) in [6.07, 6.45) is 1.69. The van der Waals surface area contributed by atoms with Gasteiger partial charge < -0.3 is 5.32 Å². The lowest BCUT2D eigenvalue weighted by atomic mass is 10.1. The third-order valence-corrected chi connectivity index (χ3v) is 5.29. The van der Waals surface area contributed by atoms with Gasteiger partial charge in [-0.2, -0.15) is 4.31 Å². The van der Waals surface area contributed by atoms with Crippen molar-refractivity contribution < 1.29 is 13.2 Å². The molecule has 0 radical (unpaired) electrons. The number of piperazine rings is 1. The highest BCUT2D eigenvalue weighted by atomic mass is 35.5. The van der Waals surface area contributed by atoms with E-state index in [2.05, 4.69) is 5.32 Å². The summed E-state index contributed by atoms with van der Waals surface area (Å²) in [7, 11) is -3.59. The van der Waals surface area contributed by atoms with Crippen molar-refractivity contribution >= 4 is 27.5 Å². The molecule has 1 heterocycles. The van der Waals surface area contributed by atoms with Crippen molar-refractivity contribution in [1.82, 2.24) is 9.62 Å². The predicted molar refractivity (Wildman–Crippen MR) is 77.3 cm³/mol. The molecular formula is C13H17ClN2O3S. The molecule has 1 aliphatic rings. The number of amides is 1. The Morgan fingerprint density at radius 1 is 1.25 bits per heavy atom. The quantitative estimate of drug-likeness (QED) is 0.823. The largest absolute Gasteiger partial charge is 0.354 e. The van der Waals surface area contributed by atoms with Gasteiger partial charge in [0.25, 0.3) is 0 Å². The maximum Gasteiger partial charge on any atom is 0.243 e. The Kier molecular flexibility index (Phi) is 5.01. The van der Waals surface area contributed by atoms with Crippen molar-refractivity contribution in [3.05, 3.63) is 29.8 Å². The molecular weight excluding hydrogens is 300 g/mol. The van der Waals surface area contributed by atoms with E-state index in [1.165, 1.54) is 4.31 Å². The maximum absolute atomic E-state index is 12.4. The van der Waals surface area contributed by atoms with Crippen LogP contribution >= 0.6 is 11.6 Å². The number of aryl methyl sites for hydroxylation is 1. The third kappa shape index (κ3) is 3.50. The van der Waals surface area contributed by atoms with Crippen LogP contribution in [0.25, 0.3) is 0 Å². The molecule has 1 aromatic carbocycles. The molecule has 1 amide bonds. The van der Waals surface area contributed by atoms with Gasteiger partial charge in [0.05, 0.1) is 11.4 Å². The van der Waals surface area contributed by atoms with Gasteiger partial charge in [-0.15, -0.1) is 11.6 Å². The highest BCUT2D eigenvalue weighted by Gasteiger charge is 2.28. The predicted octanol–water partition coefficient (Wildman–Crippen LogP) is 0.978. The lowest BCUT2D eigenvalue weighted by Gasteiger charge is -2.25. The van der Waals surface area contributed by atoms with Crippen molar-refractivity contribution in [3.63, 3.8) is 0 Å². The van der Waals surface area contributed by atoms with E-state index in [1.807, 2.05) is 0 Å². The molecule has 0 bridgehead atoms. The fourth-order valence-electron chi connectivity index (χ4n) is 2.07. The first-order valence-electron chi connectivity index (χ1n) is 6.46. The molecule has 5 nitrogen and oxygen atoms in total. The number of hydrogen-bond donors (Lipinski definition) is 1. The van der Waals surface area contributed by atoms with Crippen LogP contribution in [0.5, 0.6) is 0 Å². The normalized spacial score (nSPS) is 16.9. The molecule has 1 fully saturated rings. The standard InChI is InChI=1S/C13H17ClN2O3S/c14-7-1-2-11-3-5-12(6-4-11)20(18,19)16-9-8-15-13(17)10-16/h3-6H,1-2,7-10H2,(H,15,17). The zero-order chi connectivity index (χ0) is 14.6. The molecule has 2 rings (SSSR count). The van der Waals surface area contributed by atoms with E-state index in [0.29, 0.717) is 19.0 Å². The van der Waals surface area contributed by atoms with E-state index in [4.69, 9.17) is 11.6 Å². The highest BCUT2D eigenvalue weighted by Crippen LogP contribution is 2.17. The van der Waals surface area contributed by atoms with Crippen LogP contribution in [0.1, 0.15) is 12.0 Å². The molecule has 0 atom stereocenters. The van der Waals surface area contributed by atoms with Gasteiger partial charge in [-0.1, -0.05) is 12.1 Å². The molecule has 0 saturated carbocycles. The highest BCUT2D eigenvalue weighted by molar-refractivity contribution is 7.89. The van der Waals surface area contributed by atoms with E-state index in [1.54, 1.807) is 24.3 Å². The average molecular weight is 317 g/mol. The van der Waals surface area contributed by atoms with Gasteiger partial charge in [-0.3, -0.25) is 4.79 Å². The van der Waals surface area contributed by atoms with Crippen LogP contribution in [0.4, 0.5) is 0 Å². The number of rotatable bonds is 5. The lowest BCUT2D eigenvalue weighted by molar-refractivity contribution is -0.122. The summed E-state index contributed by atoms with van der Waals surface area (Å²) in [5.41, 5.74) is 1.06. The summed E-state index contributed by atoms with van der Waals surface area (Å²) < 4.78 is 26.0. The van der Waals surface area contributed by atoms with E-state index in [-0.39, 0.29) is 17.3 Å². The van der Waals surface area contributed by atoms with Crippen molar-refractivity contribution in [2.75, 3.05) is 25.5 Å². The minimum atomic E-state index is -3.59. The summed E-state index contributed by atoms with van der Waals surface area (Å²) in [4.78, 5) is 11.5. The van der Waals surface area contributed by atoms with Gasteiger partial charge in [0.15, 0.2) is 0 Å². The number of carbonyl (C=O) groups excluding carboxylic acids is 1. The number of hydrogen-bond acceptors (Lipinski definition) is 3. The van der Waals surface area contributed by atoms with Gasteiger partial charge in [-0.25, -0.2) is 8.42 Å². The fourth-order valence-corrected chi connectivity index (χ4v) is 3.60. The Balaban J connectivity index is 2.14. The van der Waals surface area contributed by atoms with Crippen LogP contribution in [0.3, 0.4) is 0 Å². The number of benzene rings is 1. The zero-order valence-electron chi connectivity index (χ0n) is 11.0. The van der Waals surface area contributed by atoms with Gasteiger partial charge in [0.2, 0.25) is 15.9 Å². The molecule has 0 aliphatic carbocycles. The van der Waals surface area contributed by atoms with Crippen LogP contribution in [-0.4, -0.2) is 44.1 Å². The van der Waals surface area contributed by atoms with E-state index < -0.39 is 10.0 Å². The average Bonchev–Trinajstić information content (AvgIpc) is 2.45. The number of halogens is 1. The SMILES string of the molecule is O=C1CN(S(=O)(=O)c2ccc(CCCCl)cc2)CCN1. The van der Waals surface area contributed by atoms with Gasteiger partial charge in [-0.05, 0) is 30.5 Å². The Labute approximate surface area is 124 Å². The van der Waals surface area contributed by atoms with E-state index >= 15 is 0 Å². The second kappa shape index (κ2) is 6.56. The minimum absolute atomic E-state index is 0.115. The molecule has 1 N–H and O–H groups in total. The van der Waals surface area contributed by atoms with Gasteiger partial charge in [0.1, 0.15) is 0 Å². The zero-order valence-corrected chi connectivity index (χ0v) is 12.6. The van der Waals surface area contributed by atoms with Crippen LogP contribution in [0.2, 0.25) is 0 Å². The third-order valence-electron chi connectivity index (χ3n) is 3.16. The number of nitrogens with zero attached hydrogens (tertiary/aromatic N) is 1. The molecule has 1 aliphatic heterocycles. The van der Waals surface area contributed by atoms with E-state index in [9.17, 15) is 13.2 Å². The maximum atomic E-state index is 12.4. The fraction of sp³-hybridized carbons (Fsp3) is 0.462. The summed E-state index contributed by atoms with van der Waals surface area (Å²) in [6.45, 7) is 0.546. The number of nitrogens with one attached hydrogen (secondary N) is 1. The summed E-state index contributed by atoms with van der Waals surface area (Å²) in [5.74, 6) is 0.321. The molecule has 0 spiro atoms. The Hall–Kier alpha value is -1.11. The molecule has 1 aromatic rings. The first-order chi connectivity index (χ1) is 9.54. The molecule has 0 aromatic heterocycles. The Bertz CT molecular complexity index is 572. The van der Waals surface area contributed by atoms with Crippen molar-refractivity contribution in [1.29, 1.82) is 0 Å². The first kappa shape index (κ1) is 15.3. The molecule has 110 valence electrons. The van der Waals surface area contributed by atoms with Crippen LogP contribution in [-0.2, 0) is 21.2 Å². The van der Waals surface area contributed by atoms with Crippen molar-refractivity contribution in [2.24, 2.45) is 0 Å². The van der Waals surface area contributed by atoms with Crippen molar-refractivity contribution in [2.45, 2.75) is 17.7 Å². The van der Waals surface area contributed by atoms with Crippen LogP contribution in [0, 0.1) is 0 Å². The summed E-state index contributed by atoms with van der Waals surface area (Å²) in [5, 5.41) is 2.61. The monoisotopic (exact) mass is 316 g/mol. The smallest absolute Gasteiger partial charge is 0.243 e. The molecule has 20 heavy (non-hydrogen) atoms. The first-order valence-corrected chi connectivity index (χ1v) is 8.43. The number of sulfonamides is 1. The van der Waals surface area contributed by atoms with Crippen LogP contribution in [0.15, 0.2) is 29.2 Å². The topological polar surface area (TPSA) is 66.5 Å². The molecule has 0 unspecified atom stereocenters.